The molecular weight excluding hydrogens is 380 g/mol. The quantitative estimate of drug-likeness (QED) is 0.330. The number of alkyl halides is 4. The molecule has 1 saturated carbocycles. The average molecular weight is 408 g/mol. The van der Waals surface area contributed by atoms with Crippen molar-refractivity contribution >= 4 is 0 Å². The highest BCUT2D eigenvalue weighted by molar-refractivity contribution is 5.68. The highest BCUT2D eigenvalue weighted by Gasteiger charge is 2.41. The van der Waals surface area contributed by atoms with E-state index in [0.29, 0.717) is 0 Å². The van der Waals surface area contributed by atoms with Gasteiger partial charge in [0.05, 0.1) is 0 Å². The van der Waals surface area contributed by atoms with Crippen LogP contribution in [0.5, 0.6) is 0 Å². The minimum absolute atomic E-state index is 0.0239. The van der Waals surface area contributed by atoms with Crippen LogP contribution in [0.25, 0.3) is 11.1 Å². The van der Waals surface area contributed by atoms with Crippen LogP contribution in [0.2, 0.25) is 0 Å². The Labute approximate surface area is 170 Å². The predicted octanol–water partition coefficient (Wildman–Crippen LogP) is 7.25. The van der Waals surface area contributed by atoms with Crippen LogP contribution in [0.3, 0.4) is 0 Å². The van der Waals surface area contributed by atoms with Crippen molar-refractivity contribution in [1.82, 2.24) is 0 Å². The van der Waals surface area contributed by atoms with Crippen LogP contribution < -0.4 is 0 Å². The Morgan fingerprint density at radius 2 is 1.59 bits per heavy atom. The van der Waals surface area contributed by atoms with Crippen LogP contribution in [-0.2, 0) is 11.2 Å². The van der Waals surface area contributed by atoms with Gasteiger partial charge in [-0.2, -0.15) is 8.78 Å². The maximum Gasteiger partial charge on any atom is 0.345 e. The molecule has 0 radical (unpaired) electrons. The second-order valence-corrected chi connectivity index (χ2v) is 7.80. The minimum Gasteiger partial charge on any atom is -0.313 e. The van der Waals surface area contributed by atoms with Gasteiger partial charge in [-0.1, -0.05) is 68.3 Å². The molecule has 2 unspecified atom stereocenters. The lowest BCUT2D eigenvalue weighted by Crippen LogP contribution is -2.42. The van der Waals surface area contributed by atoms with Gasteiger partial charge in [-0.15, -0.1) is 0 Å². The maximum atomic E-state index is 14.4. The third-order valence-electron chi connectivity index (χ3n) is 5.73. The number of rotatable bonds is 8. The van der Waals surface area contributed by atoms with Gasteiger partial charge in [0.15, 0.2) is 0 Å². The largest absolute Gasteiger partial charge is 0.345 e. The van der Waals surface area contributed by atoms with Crippen molar-refractivity contribution in [2.75, 3.05) is 0 Å². The lowest BCUT2D eigenvalue weighted by Gasteiger charge is -2.35. The summed E-state index contributed by atoms with van der Waals surface area (Å²) in [4.78, 5) is 0. The maximum absolute atomic E-state index is 14.4. The summed E-state index contributed by atoms with van der Waals surface area (Å²) in [5, 5.41) is 0. The summed E-state index contributed by atoms with van der Waals surface area (Å²) < 4.78 is 57.9. The van der Waals surface area contributed by atoms with Gasteiger partial charge in [0.25, 0.3) is 0 Å². The fraction of sp³-hybridized carbons (Fsp3) is 0.500. The highest BCUT2D eigenvalue weighted by Crippen LogP contribution is 2.41. The first kappa shape index (κ1) is 21.8. The zero-order valence-electron chi connectivity index (χ0n) is 16.7. The molecule has 158 valence electrons. The first-order valence-corrected chi connectivity index (χ1v) is 10.4. The monoisotopic (exact) mass is 408 g/mol. The first-order valence-electron chi connectivity index (χ1n) is 10.4. The van der Waals surface area contributed by atoms with Crippen LogP contribution in [0, 0.1) is 0 Å². The summed E-state index contributed by atoms with van der Waals surface area (Å²) in [6.07, 6.45) is -0.672. The number of ether oxygens (including phenoxy) is 1. The van der Waals surface area contributed by atoms with Crippen molar-refractivity contribution < 1.29 is 22.3 Å². The van der Waals surface area contributed by atoms with E-state index in [1.54, 1.807) is 0 Å². The van der Waals surface area contributed by atoms with Gasteiger partial charge in [-0.05, 0) is 53.9 Å². The molecule has 0 saturated heterocycles. The van der Waals surface area contributed by atoms with Crippen molar-refractivity contribution in [2.45, 2.75) is 76.4 Å². The molecule has 0 spiro atoms. The Morgan fingerprint density at radius 3 is 2.21 bits per heavy atom. The molecule has 0 amide bonds. The van der Waals surface area contributed by atoms with E-state index in [4.69, 9.17) is 0 Å². The summed E-state index contributed by atoms with van der Waals surface area (Å²) in [6.45, 7) is -0.993. The molecule has 2 aromatic carbocycles. The van der Waals surface area contributed by atoms with Crippen molar-refractivity contribution in [1.29, 1.82) is 0 Å². The second kappa shape index (κ2) is 10.2. The molecule has 0 bridgehead atoms. The highest BCUT2D eigenvalue weighted by atomic mass is 19.3. The Hall–Kier alpha value is -1.88. The Balaban J connectivity index is 1.77. The van der Waals surface area contributed by atoms with Gasteiger partial charge >= 0.3 is 6.61 Å². The van der Waals surface area contributed by atoms with Crippen molar-refractivity contribution in [3.8, 4) is 11.1 Å². The minimum atomic E-state index is -3.17. The molecule has 1 aliphatic rings. The van der Waals surface area contributed by atoms with E-state index in [0.717, 1.165) is 29.5 Å². The molecule has 1 fully saturated rings. The van der Waals surface area contributed by atoms with Gasteiger partial charge in [0, 0.05) is 0 Å². The van der Waals surface area contributed by atoms with E-state index >= 15 is 0 Å². The lowest BCUT2D eigenvalue weighted by molar-refractivity contribution is -0.203. The predicted molar refractivity (Wildman–Crippen MR) is 108 cm³/mol. The normalized spacial score (nSPS) is 24.8. The standard InChI is InChI=1S/C24H28F4O/c1-2-3-4-7-16-10-12-17(13-11-16)19-8-5-6-9-20(19)18-14-21(25)23(22(26)15-18)29-24(27)28/h5-6,8-13,18,21-24H,2-4,7,14-15H2,1H3. The van der Waals surface area contributed by atoms with Crippen LogP contribution >= 0.6 is 0 Å². The van der Waals surface area contributed by atoms with Crippen LogP contribution in [-0.4, -0.2) is 25.1 Å². The average Bonchev–Trinajstić information content (AvgIpc) is 2.71. The summed E-state index contributed by atoms with van der Waals surface area (Å²) in [6, 6.07) is 15.9. The molecule has 2 aromatic rings. The number of benzene rings is 2. The molecule has 0 aromatic heterocycles. The number of aryl methyl sites for hydroxylation is 1. The van der Waals surface area contributed by atoms with Crippen molar-refractivity contribution in [2.24, 2.45) is 0 Å². The molecule has 3 rings (SSSR count). The number of halogens is 4. The Kier molecular flexibility index (Phi) is 7.70. The summed E-state index contributed by atoms with van der Waals surface area (Å²) in [7, 11) is 0. The Bertz CT molecular complexity index is 750. The zero-order chi connectivity index (χ0) is 20.8. The van der Waals surface area contributed by atoms with E-state index in [9.17, 15) is 17.6 Å². The summed E-state index contributed by atoms with van der Waals surface area (Å²) in [5.74, 6) is -0.377. The third-order valence-corrected chi connectivity index (χ3v) is 5.73. The lowest BCUT2D eigenvalue weighted by atomic mass is 9.78. The molecule has 1 aliphatic carbocycles. The van der Waals surface area contributed by atoms with E-state index in [1.165, 1.54) is 18.4 Å². The molecule has 0 N–H and O–H groups in total. The molecular formula is C24H28F4O. The SMILES string of the molecule is CCCCCc1ccc(-c2ccccc2C2CC(F)C(OC(F)F)C(F)C2)cc1. The molecule has 29 heavy (non-hydrogen) atoms. The van der Waals surface area contributed by atoms with Gasteiger partial charge in [-0.3, -0.25) is 0 Å². The Morgan fingerprint density at radius 1 is 0.931 bits per heavy atom. The molecule has 1 nitrogen and oxygen atoms in total. The number of hydrogen-bond acceptors (Lipinski definition) is 1. The molecule has 0 heterocycles. The topological polar surface area (TPSA) is 9.23 Å². The summed E-state index contributed by atoms with van der Waals surface area (Å²) >= 11 is 0. The van der Waals surface area contributed by atoms with E-state index in [2.05, 4.69) is 23.8 Å². The van der Waals surface area contributed by atoms with E-state index in [1.807, 2.05) is 36.4 Å². The van der Waals surface area contributed by atoms with Crippen LogP contribution in [0.15, 0.2) is 48.5 Å². The molecule has 2 atom stereocenters. The van der Waals surface area contributed by atoms with Gasteiger partial charge in [0.1, 0.15) is 18.4 Å². The molecule has 0 aliphatic heterocycles. The molecule has 5 heteroatoms. The van der Waals surface area contributed by atoms with Gasteiger partial charge in [0.2, 0.25) is 0 Å². The van der Waals surface area contributed by atoms with E-state index in [-0.39, 0.29) is 18.8 Å². The number of hydrogen-bond donors (Lipinski definition) is 0. The third kappa shape index (κ3) is 5.59. The number of unbranched alkanes of at least 4 members (excludes halogenated alkanes) is 2. The van der Waals surface area contributed by atoms with E-state index < -0.39 is 25.1 Å². The van der Waals surface area contributed by atoms with Crippen molar-refractivity contribution in [3.63, 3.8) is 0 Å². The first-order chi connectivity index (χ1) is 14.0. The van der Waals surface area contributed by atoms with Gasteiger partial charge < -0.3 is 4.74 Å². The zero-order valence-corrected chi connectivity index (χ0v) is 16.7. The van der Waals surface area contributed by atoms with Gasteiger partial charge in [-0.25, -0.2) is 8.78 Å². The second-order valence-electron chi connectivity index (χ2n) is 7.80. The smallest absolute Gasteiger partial charge is 0.313 e. The van der Waals surface area contributed by atoms with Crippen LogP contribution in [0.4, 0.5) is 17.6 Å². The van der Waals surface area contributed by atoms with Crippen LogP contribution in [0.1, 0.15) is 56.1 Å². The summed E-state index contributed by atoms with van der Waals surface area (Å²) in [5.41, 5.74) is 4.06. The fourth-order valence-electron chi connectivity index (χ4n) is 4.22. The fourth-order valence-corrected chi connectivity index (χ4v) is 4.22. The van der Waals surface area contributed by atoms with Crippen molar-refractivity contribution in [3.05, 3.63) is 59.7 Å².